The zero-order valence-electron chi connectivity index (χ0n) is 10.3. The van der Waals surface area contributed by atoms with Crippen LogP contribution in [0.25, 0.3) is 0 Å². The lowest BCUT2D eigenvalue weighted by Crippen LogP contribution is -2.25. The molecule has 5 heteroatoms. The number of amides is 1. The highest BCUT2D eigenvalue weighted by Crippen LogP contribution is 2.24. The van der Waals surface area contributed by atoms with Gasteiger partial charge in [0.1, 0.15) is 0 Å². The van der Waals surface area contributed by atoms with Gasteiger partial charge in [0.15, 0.2) is 0 Å². The van der Waals surface area contributed by atoms with Crippen LogP contribution in [0, 0.1) is 6.92 Å². The van der Waals surface area contributed by atoms with Gasteiger partial charge in [-0.15, -0.1) is 0 Å². The molecule has 2 rings (SSSR count). The molecule has 1 aromatic rings. The Kier molecular flexibility index (Phi) is 3.34. The van der Waals surface area contributed by atoms with Crippen LogP contribution in [0.3, 0.4) is 0 Å². The van der Waals surface area contributed by atoms with Gasteiger partial charge in [-0.25, -0.2) is 4.79 Å². The molecular formula is C13H15NO4. The monoisotopic (exact) mass is 249 g/mol. The first-order valence-electron chi connectivity index (χ1n) is 5.70. The van der Waals surface area contributed by atoms with Gasteiger partial charge in [0.05, 0.1) is 31.7 Å². The van der Waals surface area contributed by atoms with Crippen LogP contribution in [0.2, 0.25) is 0 Å². The van der Waals surface area contributed by atoms with E-state index in [2.05, 4.69) is 0 Å². The van der Waals surface area contributed by atoms with Crippen molar-refractivity contribution in [1.29, 1.82) is 0 Å². The van der Waals surface area contributed by atoms with Crippen molar-refractivity contribution in [1.82, 2.24) is 0 Å². The van der Waals surface area contributed by atoms with Gasteiger partial charge < -0.3 is 14.7 Å². The molecule has 1 aromatic carbocycles. The van der Waals surface area contributed by atoms with Crippen LogP contribution in [0.5, 0.6) is 0 Å². The molecule has 0 aromatic heterocycles. The van der Waals surface area contributed by atoms with Crippen LogP contribution in [-0.4, -0.2) is 36.7 Å². The maximum atomic E-state index is 11.7. The summed E-state index contributed by atoms with van der Waals surface area (Å²) in [6.45, 7) is 2.07. The van der Waals surface area contributed by atoms with E-state index in [1.54, 1.807) is 25.1 Å². The first-order chi connectivity index (χ1) is 8.52. The van der Waals surface area contributed by atoms with Crippen molar-refractivity contribution in [2.75, 3.05) is 18.6 Å². The minimum atomic E-state index is -0.639. The van der Waals surface area contributed by atoms with E-state index in [4.69, 9.17) is 4.74 Å². The second-order valence-electron chi connectivity index (χ2n) is 4.35. The standard InChI is InChI=1S/C13H15NO4/c1-8-3-4-9(5-11(8)13(17)18-2)14-7-10(15)6-12(14)16/h3-5,10,15H,6-7H2,1-2H3. The molecule has 1 heterocycles. The topological polar surface area (TPSA) is 66.8 Å². The van der Waals surface area contributed by atoms with Gasteiger partial charge in [-0.1, -0.05) is 6.07 Å². The van der Waals surface area contributed by atoms with E-state index >= 15 is 0 Å². The zero-order chi connectivity index (χ0) is 13.3. The number of rotatable bonds is 2. The van der Waals surface area contributed by atoms with E-state index in [1.165, 1.54) is 12.0 Å². The Morgan fingerprint density at radius 1 is 1.50 bits per heavy atom. The first-order valence-corrected chi connectivity index (χ1v) is 5.70. The number of aliphatic hydroxyl groups excluding tert-OH is 1. The smallest absolute Gasteiger partial charge is 0.338 e. The molecule has 18 heavy (non-hydrogen) atoms. The summed E-state index contributed by atoms with van der Waals surface area (Å²) in [5.74, 6) is -0.566. The lowest BCUT2D eigenvalue weighted by Gasteiger charge is -2.17. The van der Waals surface area contributed by atoms with Crippen molar-refractivity contribution in [3.8, 4) is 0 Å². The van der Waals surface area contributed by atoms with Crippen molar-refractivity contribution in [3.63, 3.8) is 0 Å². The predicted molar refractivity (Wildman–Crippen MR) is 65.5 cm³/mol. The molecule has 0 radical (unpaired) electrons. The third-order valence-corrected chi connectivity index (χ3v) is 3.04. The summed E-state index contributed by atoms with van der Waals surface area (Å²) >= 11 is 0. The molecule has 1 atom stereocenters. The molecular weight excluding hydrogens is 234 g/mol. The predicted octanol–water partition coefficient (Wildman–Crippen LogP) is 0.879. The number of β-amino-alcohol motifs (C(OH)–C–C–N with tert-alkyl or cyclic N) is 1. The Balaban J connectivity index is 2.35. The Labute approximate surface area is 105 Å². The summed E-state index contributed by atoms with van der Waals surface area (Å²) in [5, 5.41) is 9.46. The number of benzene rings is 1. The summed E-state index contributed by atoms with van der Waals surface area (Å²) in [5.41, 5.74) is 1.84. The molecule has 1 aliphatic heterocycles. The number of methoxy groups -OCH3 is 1. The fourth-order valence-electron chi connectivity index (χ4n) is 2.05. The molecule has 1 unspecified atom stereocenters. The van der Waals surface area contributed by atoms with Gasteiger partial charge in [0.25, 0.3) is 0 Å². The normalized spacial score (nSPS) is 19.2. The van der Waals surface area contributed by atoms with Gasteiger partial charge in [0.2, 0.25) is 5.91 Å². The lowest BCUT2D eigenvalue weighted by atomic mass is 10.1. The Bertz CT molecular complexity index is 498. The van der Waals surface area contributed by atoms with Crippen LogP contribution in [-0.2, 0) is 9.53 Å². The number of hydrogen-bond acceptors (Lipinski definition) is 4. The van der Waals surface area contributed by atoms with Crippen molar-refractivity contribution >= 4 is 17.6 Å². The molecule has 1 amide bonds. The molecule has 1 N–H and O–H groups in total. The van der Waals surface area contributed by atoms with Gasteiger partial charge in [-0.3, -0.25) is 4.79 Å². The molecule has 0 saturated carbocycles. The summed E-state index contributed by atoms with van der Waals surface area (Å²) in [4.78, 5) is 24.7. The van der Waals surface area contributed by atoms with Crippen molar-refractivity contribution in [2.45, 2.75) is 19.4 Å². The maximum Gasteiger partial charge on any atom is 0.338 e. The van der Waals surface area contributed by atoms with Crippen LogP contribution in [0.1, 0.15) is 22.3 Å². The molecule has 5 nitrogen and oxygen atoms in total. The van der Waals surface area contributed by atoms with Gasteiger partial charge in [-0.05, 0) is 24.6 Å². The average molecular weight is 249 g/mol. The fourth-order valence-corrected chi connectivity index (χ4v) is 2.05. The number of carbonyl (C=O) groups excluding carboxylic acids is 2. The van der Waals surface area contributed by atoms with E-state index in [1.807, 2.05) is 0 Å². The Morgan fingerprint density at radius 2 is 2.22 bits per heavy atom. The third kappa shape index (κ3) is 2.22. The summed E-state index contributed by atoms with van der Waals surface area (Å²) in [7, 11) is 1.32. The number of hydrogen-bond donors (Lipinski definition) is 1. The minimum Gasteiger partial charge on any atom is -0.465 e. The third-order valence-electron chi connectivity index (χ3n) is 3.04. The second kappa shape index (κ2) is 4.78. The van der Waals surface area contributed by atoms with Gasteiger partial charge in [-0.2, -0.15) is 0 Å². The van der Waals surface area contributed by atoms with Crippen LogP contribution >= 0.6 is 0 Å². The molecule has 1 fully saturated rings. The minimum absolute atomic E-state index is 0.126. The molecule has 1 saturated heterocycles. The number of ether oxygens (including phenoxy) is 1. The van der Waals surface area contributed by atoms with Crippen molar-refractivity contribution < 1.29 is 19.4 Å². The van der Waals surface area contributed by atoms with Crippen LogP contribution in [0.15, 0.2) is 18.2 Å². The summed E-state index contributed by atoms with van der Waals surface area (Å²) < 4.78 is 4.69. The Hall–Kier alpha value is -1.88. The molecule has 0 bridgehead atoms. The highest BCUT2D eigenvalue weighted by atomic mass is 16.5. The largest absolute Gasteiger partial charge is 0.465 e. The number of nitrogens with zero attached hydrogens (tertiary/aromatic N) is 1. The SMILES string of the molecule is COC(=O)c1cc(N2CC(O)CC2=O)ccc1C. The van der Waals surface area contributed by atoms with E-state index < -0.39 is 12.1 Å². The quantitative estimate of drug-likeness (QED) is 0.790. The van der Waals surface area contributed by atoms with Gasteiger partial charge >= 0.3 is 5.97 Å². The van der Waals surface area contributed by atoms with Gasteiger partial charge in [0, 0.05) is 5.69 Å². The molecule has 0 aliphatic carbocycles. The number of esters is 1. The maximum absolute atomic E-state index is 11.7. The number of carbonyl (C=O) groups is 2. The van der Waals surface area contributed by atoms with Crippen molar-refractivity contribution in [2.24, 2.45) is 0 Å². The highest BCUT2D eigenvalue weighted by molar-refractivity contribution is 5.98. The molecule has 96 valence electrons. The average Bonchev–Trinajstić information content (AvgIpc) is 2.68. The zero-order valence-corrected chi connectivity index (χ0v) is 10.3. The van der Waals surface area contributed by atoms with E-state index in [0.29, 0.717) is 11.3 Å². The molecule has 0 spiro atoms. The molecule has 1 aliphatic rings. The number of aliphatic hydroxyl groups is 1. The van der Waals surface area contributed by atoms with Crippen molar-refractivity contribution in [3.05, 3.63) is 29.3 Å². The van der Waals surface area contributed by atoms with E-state index in [-0.39, 0.29) is 18.9 Å². The fraction of sp³-hybridized carbons (Fsp3) is 0.385. The summed E-state index contributed by atoms with van der Waals surface area (Å²) in [6, 6.07) is 5.15. The van der Waals surface area contributed by atoms with E-state index in [9.17, 15) is 14.7 Å². The second-order valence-corrected chi connectivity index (χ2v) is 4.35. The first kappa shape index (κ1) is 12.6. The summed E-state index contributed by atoms with van der Waals surface area (Å²) in [6.07, 6.45) is -0.512. The number of anilines is 1. The Morgan fingerprint density at radius 3 is 2.78 bits per heavy atom. The number of aryl methyl sites for hydroxylation is 1. The van der Waals surface area contributed by atoms with Crippen LogP contribution in [0.4, 0.5) is 5.69 Å². The lowest BCUT2D eigenvalue weighted by molar-refractivity contribution is -0.117. The van der Waals surface area contributed by atoms with Crippen LogP contribution < -0.4 is 4.90 Å². The highest BCUT2D eigenvalue weighted by Gasteiger charge is 2.29. The van der Waals surface area contributed by atoms with E-state index in [0.717, 1.165) is 5.56 Å².